The van der Waals surface area contributed by atoms with Gasteiger partial charge in [-0.15, -0.1) is 0 Å². The highest BCUT2D eigenvalue weighted by molar-refractivity contribution is 6.03. The van der Waals surface area contributed by atoms with Gasteiger partial charge in [0.1, 0.15) is 6.04 Å². The van der Waals surface area contributed by atoms with E-state index in [1.807, 2.05) is 0 Å². The molecule has 1 saturated heterocycles. The number of carbonyl (C=O) groups excluding carboxylic acids is 2. The van der Waals surface area contributed by atoms with Gasteiger partial charge in [0, 0.05) is 50.8 Å². The smallest absolute Gasteiger partial charge is 0.371 e. The van der Waals surface area contributed by atoms with Crippen LogP contribution in [0.3, 0.4) is 0 Å². The molecule has 1 N–H and O–H groups in total. The number of hydrogen-bond acceptors (Lipinski definition) is 3. The number of rotatable bonds is 7. The van der Waals surface area contributed by atoms with Gasteiger partial charge in [0.25, 0.3) is 5.91 Å². The monoisotopic (exact) mass is 563 g/mol. The van der Waals surface area contributed by atoms with Crippen molar-refractivity contribution in [3.05, 3.63) is 89.5 Å². The minimum atomic E-state index is -4.50. The maximum Gasteiger partial charge on any atom is 0.416 e. The van der Waals surface area contributed by atoms with E-state index in [9.17, 15) is 35.9 Å². The Morgan fingerprint density at radius 1 is 0.925 bits per heavy atom. The van der Waals surface area contributed by atoms with Gasteiger partial charge in [0.05, 0.1) is 5.56 Å². The summed E-state index contributed by atoms with van der Waals surface area (Å²) in [6.45, 7) is 0.449. The zero-order chi connectivity index (χ0) is 29.2. The van der Waals surface area contributed by atoms with E-state index in [0.29, 0.717) is 22.4 Å². The van der Waals surface area contributed by atoms with Crippen molar-refractivity contribution in [2.24, 2.45) is 5.92 Å². The van der Waals surface area contributed by atoms with Crippen molar-refractivity contribution in [3.8, 4) is 11.1 Å². The Hall–Kier alpha value is -4.02. The van der Waals surface area contributed by atoms with E-state index in [0.717, 1.165) is 12.1 Å². The SMILES string of the molecule is CN(C)C(=O)[C@@H](NC(=O)c1ccccc1-c1ccc(C(F)(F)F)cc1)c1cccc(N2CC(CC(F)(F)F)C2)c1. The minimum Gasteiger partial charge on any atom is -0.371 e. The van der Waals surface area contributed by atoms with Gasteiger partial charge in [-0.1, -0.05) is 42.5 Å². The molecule has 0 aliphatic carbocycles. The number of nitrogens with one attached hydrogen (secondary N) is 1. The van der Waals surface area contributed by atoms with Crippen molar-refractivity contribution in [1.82, 2.24) is 10.2 Å². The summed E-state index contributed by atoms with van der Waals surface area (Å²) >= 11 is 0. The second-order valence-electron chi connectivity index (χ2n) is 9.95. The van der Waals surface area contributed by atoms with Crippen molar-refractivity contribution in [2.75, 3.05) is 32.1 Å². The third kappa shape index (κ3) is 6.75. The summed E-state index contributed by atoms with van der Waals surface area (Å²) < 4.78 is 77.2. The number of nitrogens with zero attached hydrogens (tertiary/aromatic N) is 2. The van der Waals surface area contributed by atoms with Crippen molar-refractivity contribution >= 4 is 17.5 Å². The molecule has 4 rings (SSSR count). The molecule has 40 heavy (non-hydrogen) atoms. The van der Waals surface area contributed by atoms with Gasteiger partial charge in [-0.05, 0) is 47.0 Å². The maximum atomic E-state index is 13.5. The normalized spacial score (nSPS) is 14.8. The van der Waals surface area contributed by atoms with Gasteiger partial charge < -0.3 is 15.1 Å². The van der Waals surface area contributed by atoms with E-state index in [1.165, 1.54) is 37.2 Å². The van der Waals surface area contributed by atoms with Crippen molar-refractivity contribution < 1.29 is 35.9 Å². The van der Waals surface area contributed by atoms with Crippen LogP contribution >= 0.6 is 0 Å². The van der Waals surface area contributed by atoms with Crippen LogP contribution < -0.4 is 10.2 Å². The Kier molecular flexibility index (Phi) is 8.13. The van der Waals surface area contributed by atoms with Crippen molar-refractivity contribution in [3.63, 3.8) is 0 Å². The summed E-state index contributed by atoms with van der Waals surface area (Å²) in [5, 5.41) is 2.74. The molecule has 3 aromatic carbocycles. The van der Waals surface area contributed by atoms with Crippen LogP contribution in [-0.4, -0.2) is 50.1 Å². The number of hydrogen-bond donors (Lipinski definition) is 1. The molecule has 0 bridgehead atoms. The van der Waals surface area contributed by atoms with Gasteiger partial charge in [0.2, 0.25) is 5.91 Å². The molecule has 1 aliphatic rings. The molecule has 0 unspecified atom stereocenters. The number of alkyl halides is 6. The second-order valence-corrected chi connectivity index (χ2v) is 9.95. The Labute approximate surface area is 227 Å². The molecule has 3 aromatic rings. The summed E-state index contributed by atoms with van der Waals surface area (Å²) in [4.78, 5) is 29.7. The average molecular weight is 564 g/mol. The highest BCUT2D eigenvalue weighted by atomic mass is 19.4. The van der Waals surface area contributed by atoms with Gasteiger partial charge in [-0.3, -0.25) is 9.59 Å². The van der Waals surface area contributed by atoms with Gasteiger partial charge in [0.15, 0.2) is 0 Å². The molecule has 1 aliphatic heterocycles. The van der Waals surface area contributed by atoms with Gasteiger partial charge in [-0.2, -0.15) is 26.3 Å². The molecule has 0 radical (unpaired) electrons. The number of benzene rings is 3. The highest BCUT2D eigenvalue weighted by Crippen LogP contribution is 2.35. The van der Waals surface area contributed by atoms with Gasteiger partial charge in [-0.25, -0.2) is 0 Å². The Bertz CT molecular complexity index is 1360. The van der Waals surface area contributed by atoms with E-state index in [4.69, 9.17) is 0 Å². The molecule has 1 fully saturated rings. The van der Waals surface area contributed by atoms with E-state index in [1.54, 1.807) is 47.4 Å². The molecular weight excluding hydrogens is 536 g/mol. The number of halogens is 6. The fourth-order valence-electron chi connectivity index (χ4n) is 4.66. The fourth-order valence-corrected chi connectivity index (χ4v) is 4.66. The molecule has 11 heteroatoms. The molecule has 212 valence electrons. The predicted molar refractivity (Wildman–Crippen MR) is 139 cm³/mol. The molecule has 1 heterocycles. The first-order chi connectivity index (χ1) is 18.7. The first kappa shape index (κ1) is 29.0. The lowest BCUT2D eigenvalue weighted by atomic mass is 9.94. The molecule has 5 nitrogen and oxygen atoms in total. The quantitative estimate of drug-likeness (QED) is 0.343. The van der Waals surface area contributed by atoms with Crippen LogP contribution in [0.4, 0.5) is 32.0 Å². The van der Waals surface area contributed by atoms with E-state index < -0.39 is 48.1 Å². The lowest BCUT2D eigenvalue weighted by Gasteiger charge is -2.41. The van der Waals surface area contributed by atoms with Gasteiger partial charge >= 0.3 is 12.4 Å². The lowest BCUT2D eigenvalue weighted by molar-refractivity contribution is -0.146. The second kappa shape index (κ2) is 11.2. The zero-order valence-electron chi connectivity index (χ0n) is 21.7. The lowest BCUT2D eigenvalue weighted by Crippen LogP contribution is -2.48. The molecule has 0 saturated carbocycles. The first-order valence-corrected chi connectivity index (χ1v) is 12.4. The molecule has 0 spiro atoms. The molecule has 1 atom stereocenters. The largest absolute Gasteiger partial charge is 0.416 e. The third-order valence-electron chi connectivity index (χ3n) is 6.70. The number of anilines is 1. The number of carbonyl (C=O) groups is 2. The van der Waals surface area contributed by atoms with Crippen LogP contribution in [-0.2, 0) is 11.0 Å². The summed E-state index contributed by atoms with van der Waals surface area (Å²) in [5.74, 6) is -1.56. The topological polar surface area (TPSA) is 52.7 Å². The Morgan fingerprint density at radius 3 is 2.17 bits per heavy atom. The number of likely N-dealkylation sites (N-methyl/N-ethyl adjacent to an activating group) is 1. The summed E-state index contributed by atoms with van der Waals surface area (Å²) in [5.41, 5.74) is 1.19. The number of amides is 2. The average Bonchev–Trinajstić information content (AvgIpc) is 2.87. The van der Waals surface area contributed by atoms with Crippen LogP contribution in [0, 0.1) is 5.92 Å². The zero-order valence-corrected chi connectivity index (χ0v) is 21.7. The predicted octanol–water partition coefficient (Wildman–Crippen LogP) is 6.32. The fraction of sp³-hybridized carbons (Fsp3) is 0.310. The Morgan fingerprint density at radius 2 is 1.57 bits per heavy atom. The van der Waals surface area contributed by atoms with Crippen LogP contribution in [0.1, 0.15) is 33.9 Å². The minimum absolute atomic E-state index is 0.160. The maximum absolute atomic E-state index is 13.5. The van der Waals surface area contributed by atoms with E-state index in [-0.39, 0.29) is 18.7 Å². The van der Waals surface area contributed by atoms with Crippen LogP contribution in [0.2, 0.25) is 0 Å². The summed E-state index contributed by atoms with van der Waals surface area (Å²) in [7, 11) is 3.05. The third-order valence-corrected chi connectivity index (χ3v) is 6.70. The van der Waals surface area contributed by atoms with Crippen LogP contribution in [0.15, 0.2) is 72.8 Å². The summed E-state index contributed by atoms with van der Waals surface area (Å²) in [6.07, 6.45) is -9.60. The molecular formula is C29H27F6N3O2. The van der Waals surface area contributed by atoms with E-state index >= 15 is 0 Å². The van der Waals surface area contributed by atoms with Crippen LogP contribution in [0.25, 0.3) is 11.1 Å². The van der Waals surface area contributed by atoms with E-state index in [2.05, 4.69) is 5.32 Å². The molecule has 2 amide bonds. The van der Waals surface area contributed by atoms with Crippen molar-refractivity contribution in [1.29, 1.82) is 0 Å². The highest BCUT2D eigenvalue weighted by Gasteiger charge is 2.38. The van der Waals surface area contributed by atoms with Crippen molar-refractivity contribution in [2.45, 2.75) is 24.8 Å². The molecule has 0 aromatic heterocycles. The Balaban J connectivity index is 1.58. The first-order valence-electron chi connectivity index (χ1n) is 12.4. The standard InChI is InChI=1S/C29H27F6N3O2/c1-37(2)27(40)25(20-6-5-7-22(14-20)38-16-18(17-38)15-28(30,31)32)36-26(39)24-9-4-3-8-23(24)19-10-12-21(13-11-19)29(33,34)35/h3-14,18,25H,15-17H2,1-2H3,(H,36,39)/t25-/m0/s1. The summed E-state index contributed by atoms with van der Waals surface area (Å²) in [6, 6.07) is 16.4. The van der Waals surface area contributed by atoms with Crippen LogP contribution in [0.5, 0.6) is 0 Å².